The second-order valence-corrected chi connectivity index (χ2v) is 3.99. The van der Waals surface area contributed by atoms with Crippen molar-refractivity contribution in [3.8, 4) is 0 Å². The molecule has 2 atom stereocenters. The Morgan fingerprint density at radius 2 is 1.75 bits per heavy atom. The molecule has 0 aromatic rings. The first-order valence-corrected chi connectivity index (χ1v) is 5.18. The average molecular weight is 233 g/mol. The number of aliphatic hydroxyl groups excluding tert-OH is 1. The van der Waals surface area contributed by atoms with Crippen molar-refractivity contribution in [2.24, 2.45) is 5.92 Å². The maximum absolute atomic E-state index is 10.7. The molecule has 0 spiro atoms. The Hall–Kier alpha value is -1.14. The van der Waals surface area contributed by atoms with Crippen LogP contribution in [0.5, 0.6) is 0 Å². The third kappa shape index (κ3) is 7.19. The monoisotopic (exact) mass is 233 g/mol. The highest BCUT2D eigenvalue weighted by Crippen LogP contribution is 2.03. The van der Waals surface area contributed by atoms with E-state index in [9.17, 15) is 14.7 Å². The molecule has 0 fully saturated rings. The Balaban J connectivity index is 4.19. The van der Waals surface area contributed by atoms with E-state index < -0.39 is 24.0 Å². The van der Waals surface area contributed by atoms with Crippen LogP contribution in [0.25, 0.3) is 0 Å². The minimum absolute atomic E-state index is 0.0565. The summed E-state index contributed by atoms with van der Waals surface area (Å²) in [5.41, 5.74) is 0. The second-order valence-electron chi connectivity index (χ2n) is 3.99. The SMILES string of the molecule is CC(O)CN(CCC(=O)O)CC(C)C(=O)O. The van der Waals surface area contributed by atoms with Crippen molar-refractivity contribution in [3.63, 3.8) is 0 Å². The molecule has 0 rings (SSSR count). The summed E-state index contributed by atoms with van der Waals surface area (Å²) in [4.78, 5) is 22.7. The molecule has 0 bridgehead atoms. The Morgan fingerprint density at radius 3 is 2.12 bits per heavy atom. The summed E-state index contributed by atoms with van der Waals surface area (Å²) >= 11 is 0. The molecular formula is C10H19NO5. The molecule has 0 saturated carbocycles. The zero-order valence-corrected chi connectivity index (χ0v) is 9.59. The summed E-state index contributed by atoms with van der Waals surface area (Å²) in [6.07, 6.45) is -0.659. The summed E-state index contributed by atoms with van der Waals surface area (Å²) in [5, 5.41) is 26.5. The second kappa shape index (κ2) is 7.19. The van der Waals surface area contributed by atoms with E-state index in [1.54, 1.807) is 18.7 Å². The molecule has 2 unspecified atom stereocenters. The third-order valence-electron chi connectivity index (χ3n) is 2.12. The van der Waals surface area contributed by atoms with Crippen LogP contribution in [0.4, 0.5) is 0 Å². The van der Waals surface area contributed by atoms with Crippen LogP contribution in [0.2, 0.25) is 0 Å². The maximum Gasteiger partial charge on any atom is 0.307 e. The standard InChI is InChI=1S/C10H19NO5/c1-7(10(15)16)5-11(6-8(2)12)4-3-9(13)14/h7-8,12H,3-6H2,1-2H3,(H,13,14)(H,15,16). The number of carboxylic acids is 2. The molecule has 0 heterocycles. The molecule has 16 heavy (non-hydrogen) atoms. The average Bonchev–Trinajstić information content (AvgIpc) is 2.12. The minimum Gasteiger partial charge on any atom is -0.481 e. The van der Waals surface area contributed by atoms with Crippen LogP contribution in [0.1, 0.15) is 20.3 Å². The Kier molecular flexibility index (Phi) is 6.67. The molecule has 0 saturated heterocycles. The van der Waals surface area contributed by atoms with E-state index >= 15 is 0 Å². The van der Waals surface area contributed by atoms with Crippen LogP contribution >= 0.6 is 0 Å². The van der Waals surface area contributed by atoms with Gasteiger partial charge in [0, 0.05) is 19.6 Å². The zero-order valence-electron chi connectivity index (χ0n) is 9.59. The smallest absolute Gasteiger partial charge is 0.307 e. The van der Waals surface area contributed by atoms with Gasteiger partial charge in [0.15, 0.2) is 0 Å². The quantitative estimate of drug-likeness (QED) is 0.540. The van der Waals surface area contributed by atoms with Gasteiger partial charge < -0.3 is 15.3 Å². The number of hydrogen-bond donors (Lipinski definition) is 3. The summed E-state index contributed by atoms with van der Waals surface area (Å²) in [6.45, 7) is 3.91. The van der Waals surface area contributed by atoms with Gasteiger partial charge in [-0.05, 0) is 6.92 Å². The fourth-order valence-corrected chi connectivity index (χ4v) is 1.35. The topological polar surface area (TPSA) is 98.1 Å². The van der Waals surface area contributed by atoms with Crippen molar-refractivity contribution in [1.29, 1.82) is 0 Å². The molecule has 6 nitrogen and oxygen atoms in total. The summed E-state index contributed by atoms with van der Waals surface area (Å²) in [7, 11) is 0. The van der Waals surface area contributed by atoms with Crippen molar-refractivity contribution < 1.29 is 24.9 Å². The maximum atomic E-state index is 10.7. The van der Waals surface area contributed by atoms with E-state index in [4.69, 9.17) is 10.2 Å². The van der Waals surface area contributed by atoms with Crippen LogP contribution in [-0.2, 0) is 9.59 Å². The molecule has 0 aliphatic carbocycles. The van der Waals surface area contributed by atoms with Gasteiger partial charge in [-0.2, -0.15) is 0 Å². The van der Waals surface area contributed by atoms with Gasteiger partial charge >= 0.3 is 11.9 Å². The summed E-state index contributed by atoms with van der Waals surface area (Å²) in [6, 6.07) is 0. The number of carbonyl (C=O) groups is 2. The van der Waals surface area contributed by atoms with Crippen LogP contribution < -0.4 is 0 Å². The van der Waals surface area contributed by atoms with Gasteiger partial charge in [-0.15, -0.1) is 0 Å². The predicted octanol–water partition coefficient (Wildman–Crippen LogP) is -0.135. The Morgan fingerprint density at radius 1 is 1.19 bits per heavy atom. The van der Waals surface area contributed by atoms with Crippen molar-refractivity contribution in [1.82, 2.24) is 4.90 Å². The van der Waals surface area contributed by atoms with Gasteiger partial charge in [-0.1, -0.05) is 6.92 Å². The largest absolute Gasteiger partial charge is 0.481 e. The van der Waals surface area contributed by atoms with Crippen LogP contribution in [0, 0.1) is 5.92 Å². The summed E-state index contributed by atoms with van der Waals surface area (Å²) in [5.74, 6) is -2.43. The molecule has 0 aromatic carbocycles. The molecule has 0 aromatic heterocycles. The Bertz CT molecular complexity index is 241. The number of nitrogens with zero attached hydrogens (tertiary/aromatic N) is 1. The molecule has 0 amide bonds. The third-order valence-corrected chi connectivity index (χ3v) is 2.12. The van der Waals surface area contributed by atoms with Crippen molar-refractivity contribution in [2.45, 2.75) is 26.4 Å². The van der Waals surface area contributed by atoms with Crippen molar-refractivity contribution >= 4 is 11.9 Å². The van der Waals surface area contributed by atoms with Gasteiger partial charge in [0.2, 0.25) is 0 Å². The lowest BCUT2D eigenvalue weighted by Crippen LogP contribution is -2.37. The van der Waals surface area contributed by atoms with Gasteiger partial charge in [-0.3, -0.25) is 14.5 Å². The van der Waals surface area contributed by atoms with Gasteiger partial charge in [0.05, 0.1) is 18.4 Å². The molecule has 3 N–H and O–H groups in total. The first-order chi connectivity index (χ1) is 7.32. The number of carboxylic acid groups (broad SMARTS) is 2. The van der Waals surface area contributed by atoms with E-state index in [-0.39, 0.29) is 26.1 Å². The highest BCUT2D eigenvalue weighted by Gasteiger charge is 2.17. The lowest BCUT2D eigenvalue weighted by molar-refractivity contribution is -0.141. The fraction of sp³-hybridized carbons (Fsp3) is 0.800. The van der Waals surface area contributed by atoms with Gasteiger partial charge in [0.1, 0.15) is 0 Å². The van der Waals surface area contributed by atoms with Crippen LogP contribution in [0.3, 0.4) is 0 Å². The lowest BCUT2D eigenvalue weighted by atomic mass is 10.1. The molecule has 0 aliphatic heterocycles. The number of rotatable bonds is 8. The number of aliphatic hydroxyl groups is 1. The van der Waals surface area contributed by atoms with Crippen LogP contribution in [0.15, 0.2) is 0 Å². The van der Waals surface area contributed by atoms with E-state index in [1.807, 2.05) is 0 Å². The van der Waals surface area contributed by atoms with E-state index in [0.29, 0.717) is 0 Å². The number of hydrogen-bond acceptors (Lipinski definition) is 4. The van der Waals surface area contributed by atoms with E-state index in [2.05, 4.69) is 0 Å². The van der Waals surface area contributed by atoms with Gasteiger partial charge in [-0.25, -0.2) is 0 Å². The molecular weight excluding hydrogens is 214 g/mol. The molecule has 0 aliphatic rings. The zero-order chi connectivity index (χ0) is 12.7. The minimum atomic E-state index is -0.932. The Labute approximate surface area is 94.5 Å². The normalized spacial score (nSPS) is 14.8. The van der Waals surface area contributed by atoms with Gasteiger partial charge in [0.25, 0.3) is 0 Å². The predicted molar refractivity (Wildman–Crippen MR) is 57.2 cm³/mol. The molecule has 6 heteroatoms. The lowest BCUT2D eigenvalue weighted by Gasteiger charge is -2.24. The van der Waals surface area contributed by atoms with Crippen molar-refractivity contribution in [2.75, 3.05) is 19.6 Å². The van der Waals surface area contributed by atoms with Crippen LogP contribution in [-0.4, -0.2) is 57.9 Å². The molecule has 0 radical (unpaired) electrons. The fourth-order valence-electron chi connectivity index (χ4n) is 1.35. The summed E-state index contributed by atoms with van der Waals surface area (Å²) < 4.78 is 0. The molecule has 94 valence electrons. The van der Waals surface area contributed by atoms with E-state index in [0.717, 1.165) is 0 Å². The van der Waals surface area contributed by atoms with E-state index in [1.165, 1.54) is 0 Å². The number of aliphatic carboxylic acids is 2. The highest BCUT2D eigenvalue weighted by molar-refractivity contribution is 5.69. The first kappa shape index (κ1) is 14.9. The first-order valence-electron chi connectivity index (χ1n) is 5.18. The highest BCUT2D eigenvalue weighted by atomic mass is 16.4. The van der Waals surface area contributed by atoms with Crippen molar-refractivity contribution in [3.05, 3.63) is 0 Å².